The number of benzene rings is 1. The minimum Gasteiger partial charge on any atom is -0.480 e. The lowest BCUT2D eigenvalue weighted by Gasteiger charge is -2.39. The van der Waals surface area contributed by atoms with Crippen molar-refractivity contribution in [3.05, 3.63) is 30.3 Å². The first-order chi connectivity index (χ1) is 9.24. The van der Waals surface area contributed by atoms with Crippen LogP contribution in [0.1, 0.15) is 12.8 Å². The Bertz CT molecular complexity index is 449. The lowest BCUT2D eigenvalue weighted by atomic mass is 9.92. The van der Waals surface area contributed by atoms with Gasteiger partial charge in [-0.1, -0.05) is 18.2 Å². The highest BCUT2D eigenvalue weighted by Gasteiger charge is 2.38. The van der Waals surface area contributed by atoms with Gasteiger partial charge in [0.05, 0.1) is 0 Å². The van der Waals surface area contributed by atoms with E-state index in [9.17, 15) is 9.90 Å². The molecule has 0 aromatic heterocycles. The third-order valence-electron chi connectivity index (χ3n) is 4.39. The van der Waals surface area contributed by atoms with Crippen LogP contribution in [0.4, 0.5) is 5.69 Å². The molecule has 1 N–H and O–H groups in total. The topological polar surface area (TPSA) is 43.8 Å². The summed E-state index contributed by atoms with van der Waals surface area (Å²) in [5, 5.41) is 9.19. The van der Waals surface area contributed by atoms with Crippen LogP contribution in [-0.2, 0) is 4.79 Å². The first-order valence-electron chi connectivity index (χ1n) is 7.00. The van der Waals surface area contributed by atoms with Crippen molar-refractivity contribution in [2.45, 2.75) is 18.9 Å². The van der Waals surface area contributed by atoms with Gasteiger partial charge in [0, 0.05) is 24.8 Å². The molecule has 102 valence electrons. The number of carboxylic acids is 1. The summed E-state index contributed by atoms with van der Waals surface area (Å²) in [7, 11) is 0. The second-order valence-electron chi connectivity index (χ2n) is 5.56. The van der Waals surface area contributed by atoms with Gasteiger partial charge in [-0.2, -0.15) is 0 Å². The number of carbonyl (C=O) groups is 1. The van der Waals surface area contributed by atoms with Crippen molar-refractivity contribution < 1.29 is 9.90 Å². The molecule has 3 unspecified atom stereocenters. The van der Waals surface area contributed by atoms with Crippen LogP contribution in [0, 0.1) is 5.92 Å². The Balaban J connectivity index is 1.84. The maximum atomic E-state index is 11.2. The molecule has 3 atom stereocenters. The molecule has 2 aliphatic heterocycles. The molecule has 0 aliphatic carbocycles. The number of rotatable bonds is 4. The second-order valence-corrected chi connectivity index (χ2v) is 5.56. The number of fused-ring (bicyclic) bond motifs is 2. The fourth-order valence-corrected chi connectivity index (χ4v) is 3.51. The number of hydrogen-bond donors (Lipinski definition) is 1. The van der Waals surface area contributed by atoms with Gasteiger partial charge in [0.25, 0.3) is 0 Å². The van der Waals surface area contributed by atoms with Gasteiger partial charge in [-0.05, 0) is 37.4 Å². The summed E-state index contributed by atoms with van der Waals surface area (Å²) in [6.45, 7) is 3.51. The van der Waals surface area contributed by atoms with Crippen molar-refractivity contribution in [3.8, 4) is 0 Å². The molecule has 2 heterocycles. The van der Waals surface area contributed by atoms with Crippen molar-refractivity contribution >= 4 is 11.7 Å². The first kappa shape index (κ1) is 12.5. The smallest absolute Gasteiger partial charge is 0.323 e. The van der Waals surface area contributed by atoms with Crippen LogP contribution < -0.4 is 4.90 Å². The fourth-order valence-electron chi connectivity index (χ4n) is 3.51. The summed E-state index contributed by atoms with van der Waals surface area (Å²) in [6, 6.07) is 10.3. The van der Waals surface area contributed by atoms with Crippen LogP contribution in [0.5, 0.6) is 0 Å². The van der Waals surface area contributed by atoms with Gasteiger partial charge >= 0.3 is 5.97 Å². The third-order valence-corrected chi connectivity index (χ3v) is 4.39. The summed E-state index contributed by atoms with van der Waals surface area (Å²) < 4.78 is 0. The zero-order valence-electron chi connectivity index (χ0n) is 11.0. The molecule has 0 radical (unpaired) electrons. The lowest BCUT2D eigenvalue weighted by molar-refractivity contribution is -0.135. The van der Waals surface area contributed by atoms with Crippen LogP contribution in [0.25, 0.3) is 0 Å². The second kappa shape index (κ2) is 5.21. The Kier molecular flexibility index (Phi) is 3.42. The number of piperidine rings is 1. The highest BCUT2D eigenvalue weighted by molar-refractivity contribution is 5.74. The largest absolute Gasteiger partial charge is 0.480 e. The number of hydrogen-bond acceptors (Lipinski definition) is 3. The van der Waals surface area contributed by atoms with Gasteiger partial charge in [-0.15, -0.1) is 0 Å². The van der Waals surface area contributed by atoms with Crippen molar-refractivity contribution in [2.24, 2.45) is 5.92 Å². The number of aliphatic carboxylic acids is 1. The Morgan fingerprint density at radius 3 is 2.74 bits per heavy atom. The Labute approximate surface area is 113 Å². The van der Waals surface area contributed by atoms with E-state index in [1.54, 1.807) is 0 Å². The highest BCUT2D eigenvalue weighted by atomic mass is 16.4. The lowest BCUT2D eigenvalue weighted by Crippen LogP contribution is -2.48. The normalized spacial score (nSPS) is 29.2. The van der Waals surface area contributed by atoms with Crippen molar-refractivity contribution in [1.29, 1.82) is 0 Å². The number of anilines is 1. The minimum atomic E-state index is -0.746. The van der Waals surface area contributed by atoms with Crippen LogP contribution in [0.3, 0.4) is 0 Å². The fraction of sp³-hybridized carbons (Fsp3) is 0.533. The predicted molar refractivity (Wildman–Crippen MR) is 74.4 cm³/mol. The highest BCUT2D eigenvalue weighted by Crippen LogP contribution is 2.33. The van der Waals surface area contributed by atoms with E-state index in [1.807, 2.05) is 30.3 Å². The average Bonchev–Trinajstić information content (AvgIpc) is 2.80. The maximum absolute atomic E-state index is 11.2. The first-order valence-corrected chi connectivity index (χ1v) is 7.00. The summed E-state index contributed by atoms with van der Waals surface area (Å²) in [6.07, 6.45) is 2.28. The molecule has 2 bridgehead atoms. The number of carboxylic acid groups (broad SMARTS) is 1. The van der Waals surface area contributed by atoms with Crippen molar-refractivity contribution in [1.82, 2.24) is 4.90 Å². The molecule has 1 aromatic carbocycles. The molecular weight excluding hydrogens is 240 g/mol. The molecule has 0 spiro atoms. The molecule has 4 nitrogen and oxygen atoms in total. The summed E-state index contributed by atoms with van der Waals surface area (Å²) >= 11 is 0. The molecule has 1 aromatic rings. The van der Waals surface area contributed by atoms with Gasteiger partial charge < -0.3 is 14.9 Å². The average molecular weight is 260 g/mol. The summed E-state index contributed by atoms with van der Waals surface area (Å²) in [5.41, 5.74) is 1.04. The van der Waals surface area contributed by atoms with Crippen LogP contribution in [-0.4, -0.2) is 48.2 Å². The van der Waals surface area contributed by atoms with Crippen LogP contribution >= 0.6 is 0 Å². The molecule has 0 amide bonds. The Morgan fingerprint density at radius 1 is 1.26 bits per heavy atom. The standard InChI is InChI=1S/C15H20N2O2/c18-15(19)11-17(13-4-2-1-3-5-13)14-7-9-16-8-6-12(14)10-16/h1-5,12,14H,6-11H2,(H,18,19). The van der Waals surface area contributed by atoms with Crippen LogP contribution in [0.2, 0.25) is 0 Å². The molecule has 2 aliphatic rings. The quantitative estimate of drug-likeness (QED) is 0.894. The molecule has 19 heavy (non-hydrogen) atoms. The SMILES string of the molecule is O=C(O)CN(c1ccccc1)C1CCN2CCC1C2. The third kappa shape index (κ3) is 2.59. The Hall–Kier alpha value is -1.55. The monoisotopic (exact) mass is 260 g/mol. The van der Waals surface area contributed by atoms with E-state index in [1.165, 1.54) is 13.0 Å². The summed E-state index contributed by atoms with van der Waals surface area (Å²) in [4.78, 5) is 15.8. The van der Waals surface area contributed by atoms with E-state index in [0.717, 1.165) is 25.2 Å². The molecule has 3 rings (SSSR count). The van der Waals surface area contributed by atoms with E-state index >= 15 is 0 Å². The summed E-state index contributed by atoms with van der Waals surface area (Å²) in [5.74, 6) is -0.127. The Morgan fingerprint density at radius 2 is 2.00 bits per heavy atom. The molecular formula is C15H20N2O2. The van der Waals surface area contributed by atoms with Gasteiger partial charge in [-0.3, -0.25) is 4.79 Å². The maximum Gasteiger partial charge on any atom is 0.323 e. The van der Waals surface area contributed by atoms with E-state index in [-0.39, 0.29) is 6.54 Å². The minimum absolute atomic E-state index is 0.102. The van der Waals surface area contributed by atoms with E-state index in [0.29, 0.717) is 12.0 Å². The van der Waals surface area contributed by atoms with E-state index in [2.05, 4.69) is 9.80 Å². The number of para-hydroxylation sites is 1. The zero-order chi connectivity index (χ0) is 13.2. The predicted octanol–water partition coefficient (Wildman–Crippen LogP) is 1.67. The molecule has 2 fully saturated rings. The van der Waals surface area contributed by atoms with E-state index < -0.39 is 5.97 Å². The van der Waals surface area contributed by atoms with Gasteiger partial charge in [0.2, 0.25) is 0 Å². The van der Waals surface area contributed by atoms with Crippen LogP contribution in [0.15, 0.2) is 30.3 Å². The molecule has 2 saturated heterocycles. The molecule has 0 saturated carbocycles. The van der Waals surface area contributed by atoms with Gasteiger partial charge in [-0.25, -0.2) is 0 Å². The number of nitrogens with zero attached hydrogens (tertiary/aromatic N) is 2. The van der Waals surface area contributed by atoms with E-state index in [4.69, 9.17) is 0 Å². The zero-order valence-corrected chi connectivity index (χ0v) is 11.0. The molecule has 4 heteroatoms. The van der Waals surface area contributed by atoms with Crippen molar-refractivity contribution in [3.63, 3.8) is 0 Å². The van der Waals surface area contributed by atoms with Gasteiger partial charge in [0.1, 0.15) is 6.54 Å². The van der Waals surface area contributed by atoms with Gasteiger partial charge in [0.15, 0.2) is 0 Å². The van der Waals surface area contributed by atoms with Crippen molar-refractivity contribution in [2.75, 3.05) is 31.1 Å².